The number of fused-ring (bicyclic) bond motifs is 1. The lowest BCUT2D eigenvalue weighted by molar-refractivity contribution is -0.689. The molecule has 0 radical (unpaired) electrons. The number of aryl methyl sites for hydroxylation is 1. The first-order valence-corrected chi connectivity index (χ1v) is 11.5. The number of nitrogen functional groups attached to an aromatic ring is 1. The Morgan fingerprint density at radius 2 is 2.27 bits per heavy atom. The predicted octanol–water partition coefficient (Wildman–Crippen LogP) is -0.494. The van der Waals surface area contributed by atoms with E-state index in [1.165, 1.54) is 23.8 Å². The van der Waals surface area contributed by atoms with E-state index >= 15 is 0 Å². The number of oxime groups is 1. The zero-order valence-electron chi connectivity index (χ0n) is 17.6. The Hall–Kier alpha value is -3.52. The first-order chi connectivity index (χ1) is 15.8. The number of thioether (sulfide) groups is 1. The van der Waals surface area contributed by atoms with E-state index in [0.717, 1.165) is 17.1 Å². The summed E-state index contributed by atoms with van der Waals surface area (Å²) in [4.78, 5) is 47.6. The third-order valence-corrected chi connectivity index (χ3v) is 6.85. The molecule has 0 saturated carbocycles. The number of amides is 2. The zero-order chi connectivity index (χ0) is 23.7. The number of carbonyl (C=O) groups is 3. The Morgan fingerprint density at radius 3 is 2.91 bits per heavy atom. The summed E-state index contributed by atoms with van der Waals surface area (Å²) < 4.78 is 5.82. The van der Waals surface area contributed by atoms with Crippen LogP contribution in [0.5, 0.6) is 0 Å². The molecule has 0 bridgehead atoms. The highest BCUT2D eigenvalue weighted by atomic mass is 32.2. The smallest absolute Gasteiger partial charge is 0.352 e. The van der Waals surface area contributed by atoms with E-state index in [0.29, 0.717) is 17.9 Å². The zero-order valence-corrected chi connectivity index (χ0v) is 19.2. The molecule has 4 rings (SSSR count). The Bertz CT molecular complexity index is 1190. The summed E-state index contributed by atoms with van der Waals surface area (Å²) in [6.45, 7) is 2.28. The third-order valence-electron chi connectivity index (χ3n) is 4.97. The minimum atomic E-state index is -1.19. The molecule has 2 atom stereocenters. The third kappa shape index (κ3) is 4.39. The molecule has 0 aliphatic carbocycles. The summed E-state index contributed by atoms with van der Waals surface area (Å²) in [6, 6.07) is 2.89. The second kappa shape index (κ2) is 9.15. The normalized spacial score (nSPS) is 20.2. The van der Waals surface area contributed by atoms with E-state index in [-0.39, 0.29) is 22.4 Å². The second-order valence-electron chi connectivity index (χ2n) is 7.25. The molecule has 4 N–H and O–H groups in total. The van der Waals surface area contributed by atoms with Gasteiger partial charge in [0.2, 0.25) is 11.5 Å². The van der Waals surface area contributed by atoms with Gasteiger partial charge < -0.3 is 21.0 Å². The topological polar surface area (TPSA) is 164 Å². The maximum Gasteiger partial charge on any atom is 0.352 e. The van der Waals surface area contributed by atoms with Crippen molar-refractivity contribution in [2.24, 2.45) is 5.16 Å². The lowest BCUT2D eigenvalue weighted by atomic mass is 10.0. The lowest BCUT2D eigenvalue weighted by Gasteiger charge is -2.49. The monoisotopic (exact) mass is 490 g/mol. The Kier molecular flexibility index (Phi) is 6.29. The number of aromatic nitrogens is 3. The fourth-order valence-electron chi connectivity index (χ4n) is 3.59. The maximum atomic E-state index is 12.9. The van der Waals surface area contributed by atoms with Crippen LogP contribution < -0.4 is 15.6 Å². The summed E-state index contributed by atoms with van der Waals surface area (Å²) in [6.07, 6.45) is 3.74. The van der Waals surface area contributed by atoms with Crippen molar-refractivity contribution in [3.05, 3.63) is 47.2 Å². The molecule has 1 fully saturated rings. The molecule has 1 unspecified atom stereocenters. The van der Waals surface area contributed by atoms with E-state index < -0.39 is 29.2 Å². The van der Waals surface area contributed by atoms with E-state index in [4.69, 9.17) is 10.6 Å². The molecule has 2 aromatic heterocycles. The van der Waals surface area contributed by atoms with Crippen molar-refractivity contribution in [3.63, 3.8) is 0 Å². The average molecular weight is 491 g/mol. The molecule has 12 nitrogen and oxygen atoms in total. The van der Waals surface area contributed by atoms with Crippen molar-refractivity contribution in [2.75, 3.05) is 18.6 Å². The van der Waals surface area contributed by atoms with Crippen molar-refractivity contribution in [1.82, 2.24) is 19.6 Å². The number of aliphatic carboxylic acids is 1. The fraction of sp³-hybridized carbons (Fsp3) is 0.316. The standard InChI is InChI=1S/C19H19N7O5S2/c1-9-4-3-5-25(6-9)7-10-8-32-17-12(16(28)26(17)13(10)18(29)30)21-15(27)11(23-31-2)14-22-19(20)33-24-14/h3-6,12,17H,7-8H2,1-2H3,(H3-,20,21,22,24,27,29,30)/p+1/t12?,17-/m1/s1. The van der Waals surface area contributed by atoms with Gasteiger partial charge in [-0.1, -0.05) is 5.16 Å². The van der Waals surface area contributed by atoms with E-state index in [9.17, 15) is 19.5 Å². The van der Waals surface area contributed by atoms with Crippen LogP contribution >= 0.6 is 23.3 Å². The van der Waals surface area contributed by atoms with Gasteiger partial charge in [-0.3, -0.25) is 14.5 Å². The van der Waals surface area contributed by atoms with E-state index in [1.807, 2.05) is 36.0 Å². The van der Waals surface area contributed by atoms with Gasteiger partial charge in [0.05, 0.1) is 0 Å². The number of nitrogens with one attached hydrogen (secondary N) is 1. The number of pyridine rings is 1. The van der Waals surface area contributed by atoms with Gasteiger partial charge in [-0.2, -0.15) is 9.36 Å². The largest absolute Gasteiger partial charge is 0.477 e. The Labute approximate surface area is 196 Å². The number of anilines is 1. The number of hydrogen-bond acceptors (Lipinski definition) is 10. The van der Waals surface area contributed by atoms with E-state index in [1.54, 1.807) is 0 Å². The molecule has 4 heterocycles. The molecular weight excluding hydrogens is 470 g/mol. The minimum absolute atomic E-state index is 0.0274. The number of carboxylic acids is 1. The molecule has 1 saturated heterocycles. The molecule has 0 aromatic carbocycles. The van der Waals surface area contributed by atoms with Crippen LogP contribution in [0, 0.1) is 6.92 Å². The quantitative estimate of drug-likeness (QED) is 0.201. The predicted molar refractivity (Wildman–Crippen MR) is 119 cm³/mol. The first kappa shape index (κ1) is 22.7. The summed E-state index contributed by atoms with van der Waals surface area (Å²) in [7, 11) is 1.26. The Balaban J connectivity index is 1.54. The molecule has 2 aromatic rings. The van der Waals surface area contributed by atoms with Crippen molar-refractivity contribution in [3.8, 4) is 0 Å². The lowest BCUT2D eigenvalue weighted by Crippen LogP contribution is -2.71. The van der Waals surface area contributed by atoms with Gasteiger partial charge in [0.15, 0.2) is 24.1 Å². The van der Waals surface area contributed by atoms with Crippen LogP contribution in [0.1, 0.15) is 11.4 Å². The van der Waals surface area contributed by atoms with Gasteiger partial charge in [0.1, 0.15) is 24.2 Å². The average Bonchev–Trinajstić information content (AvgIpc) is 3.21. The number of nitrogens with two attached hydrogens (primary N) is 1. The van der Waals surface area contributed by atoms with Crippen LogP contribution in [0.15, 0.2) is 41.0 Å². The molecule has 2 aliphatic heterocycles. The number of hydrogen-bond donors (Lipinski definition) is 3. The highest BCUT2D eigenvalue weighted by molar-refractivity contribution is 8.00. The van der Waals surface area contributed by atoms with Crippen molar-refractivity contribution < 1.29 is 28.9 Å². The van der Waals surface area contributed by atoms with Crippen LogP contribution in [0.4, 0.5) is 5.13 Å². The van der Waals surface area contributed by atoms with Crippen LogP contribution in [0.3, 0.4) is 0 Å². The van der Waals surface area contributed by atoms with Crippen LogP contribution in [0.25, 0.3) is 0 Å². The molecule has 0 spiro atoms. The number of carboxylic acid groups (broad SMARTS) is 1. The van der Waals surface area contributed by atoms with Gasteiger partial charge in [0, 0.05) is 34.5 Å². The summed E-state index contributed by atoms with van der Waals surface area (Å²) in [5, 5.41) is 15.7. The molecule has 33 heavy (non-hydrogen) atoms. The van der Waals surface area contributed by atoms with Crippen molar-refractivity contribution in [2.45, 2.75) is 24.9 Å². The van der Waals surface area contributed by atoms with Crippen LogP contribution in [-0.2, 0) is 25.8 Å². The molecule has 14 heteroatoms. The van der Waals surface area contributed by atoms with Crippen LogP contribution in [0.2, 0.25) is 0 Å². The number of nitrogens with zero attached hydrogens (tertiary/aromatic N) is 5. The van der Waals surface area contributed by atoms with Gasteiger partial charge in [0.25, 0.3) is 11.8 Å². The van der Waals surface area contributed by atoms with Gasteiger partial charge in [-0.05, 0) is 13.0 Å². The SMILES string of the molecule is CON=C(C(=O)NC1C(=O)N2C(C(=O)O)=C(C[n+]3cccc(C)c3)CS[C@H]12)c1nsc(N)n1. The highest BCUT2D eigenvalue weighted by Gasteiger charge is 2.54. The van der Waals surface area contributed by atoms with Gasteiger partial charge in [-0.25, -0.2) is 9.36 Å². The highest BCUT2D eigenvalue weighted by Crippen LogP contribution is 2.40. The van der Waals surface area contributed by atoms with Crippen molar-refractivity contribution >= 4 is 51.9 Å². The van der Waals surface area contributed by atoms with Crippen LogP contribution in [-0.4, -0.2) is 67.1 Å². The second-order valence-corrected chi connectivity index (χ2v) is 9.14. The fourth-order valence-corrected chi connectivity index (χ4v) is 5.36. The number of carbonyl (C=O) groups excluding carboxylic acids is 2. The number of β-lactam (4-membered cyclic amide) rings is 1. The van der Waals surface area contributed by atoms with Crippen molar-refractivity contribution in [1.29, 1.82) is 0 Å². The minimum Gasteiger partial charge on any atom is -0.477 e. The molecular formula is C19H20N7O5S2+. The summed E-state index contributed by atoms with van der Waals surface area (Å²) >= 11 is 2.27. The molecule has 172 valence electrons. The van der Waals surface area contributed by atoms with E-state index in [2.05, 4.69) is 19.8 Å². The Morgan fingerprint density at radius 1 is 1.48 bits per heavy atom. The first-order valence-electron chi connectivity index (χ1n) is 9.67. The molecule has 2 amide bonds. The van der Waals surface area contributed by atoms with Gasteiger partial charge >= 0.3 is 5.97 Å². The molecule has 2 aliphatic rings. The maximum absolute atomic E-state index is 12.9. The summed E-state index contributed by atoms with van der Waals surface area (Å²) in [5.74, 6) is -2.07. The van der Waals surface area contributed by atoms with Gasteiger partial charge in [-0.15, -0.1) is 11.8 Å². The number of rotatable bonds is 7. The summed E-state index contributed by atoms with van der Waals surface area (Å²) in [5.41, 5.74) is 6.93.